The molecular formula is C18H24N4O2. The quantitative estimate of drug-likeness (QED) is 0.391. The number of aliphatic hydroxyl groups is 1. The van der Waals surface area contributed by atoms with E-state index in [1.165, 1.54) is 0 Å². The van der Waals surface area contributed by atoms with Crippen molar-refractivity contribution in [3.63, 3.8) is 0 Å². The molecule has 3 N–H and O–H groups in total. The van der Waals surface area contributed by atoms with Crippen LogP contribution in [0.5, 0.6) is 5.75 Å². The molecule has 0 saturated carbocycles. The number of nitrogens with one attached hydrogen (secondary N) is 2. The van der Waals surface area contributed by atoms with Crippen molar-refractivity contribution in [2.24, 2.45) is 4.99 Å². The van der Waals surface area contributed by atoms with Crippen molar-refractivity contribution in [2.45, 2.75) is 13.0 Å². The summed E-state index contributed by atoms with van der Waals surface area (Å²) in [6.45, 7) is 4.17. The van der Waals surface area contributed by atoms with Crippen LogP contribution >= 0.6 is 0 Å². The van der Waals surface area contributed by atoms with Crippen molar-refractivity contribution in [3.05, 3.63) is 60.4 Å². The Morgan fingerprint density at radius 2 is 1.92 bits per heavy atom. The molecule has 1 aromatic carbocycles. The maximum Gasteiger partial charge on any atom is 0.191 e. The lowest BCUT2D eigenvalue weighted by molar-refractivity contribution is 0.187. The first-order valence-electron chi connectivity index (χ1n) is 8.07. The number of rotatable bonds is 8. The highest BCUT2D eigenvalue weighted by atomic mass is 16.5. The summed E-state index contributed by atoms with van der Waals surface area (Å²) in [4.78, 5) is 8.34. The zero-order valence-corrected chi connectivity index (χ0v) is 13.9. The molecular weight excluding hydrogens is 304 g/mol. The van der Waals surface area contributed by atoms with Crippen LogP contribution in [0.1, 0.15) is 18.6 Å². The molecule has 0 aliphatic rings. The number of para-hydroxylation sites is 1. The van der Waals surface area contributed by atoms with E-state index in [4.69, 9.17) is 4.74 Å². The van der Waals surface area contributed by atoms with Crippen molar-refractivity contribution in [1.29, 1.82) is 0 Å². The summed E-state index contributed by atoms with van der Waals surface area (Å²) in [7, 11) is 0. The molecule has 0 bridgehead atoms. The van der Waals surface area contributed by atoms with Gasteiger partial charge in [-0.15, -0.1) is 0 Å². The molecule has 0 aliphatic heterocycles. The summed E-state index contributed by atoms with van der Waals surface area (Å²) in [5.41, 5.74) is 0.803. The van der Waals surface area contributed by atoms with E-state index in [-0.39, 0.29) is 6.54 Å². The largest absolute Gasteiger partial charge is 0.492 e. The molecule has 1 aromatic heterocycles. The van der Waals surface area contributed by atoms with Crippen LogP contribution in [-0.4, -0.2) is 42.3 Å². The Hall–Kier alpha value is -2.60. The van der Waals surface area contributed by atoms with E-state index >= 15 is 0 Å². The number of ether oxygens (including phenoxy) is 1. The molecule has 128 valence electrons. The first-order valence-corrected chi connectivity index (χ1v) is 8.07. The Labute approximate surface area is 142 Å². The van der Waals surface area contributed by atoms with Gasteiger partial charge in [0.2, 0.25) is 0 Å². The molecule has 1 atom stereocenters. The third-order valence-corrected chi connectivity index (χ3v) is 3.26. The standard InChI is InChI=1S/C18H24N4O2/c1-2-20-18(21-12-13-24-16-6-4-3-5-7-16)22-14-17(23)15-8-10-19-11-9-15/h3-11,17,23H,2,12-14H2,1H3,(H2,20,21,22). The van der Waals surface area contributed by atoms with E-state index in [9.17, 15) is 5.11 Å². The average molecular weight is 328 g/mol. The maximum atomic E-state index is 10.1. The van der Waals surface area contributed by atoms with Gasteiger partial charge in [0, 0.05) is 18.9 Å². The zero-order chi connectivity index (χ0) is 17.0. The SMILES string of the molecule is CCNC(=NCC(O)c1ccncc1)NCCOc1ccccc1. The van der Waals surface area contributed by atoms with Gasteiger partial charge < -0.3 is 20.5 Å². The van der Waals surface area contributed by atoms with Crippen LogP contribution in [0.2, 0.25) is 0 Å². The van der Waals surface area contributed by atoms with Gasteiger partial charge in [0.15, 0.2) is 5.96 Å². The Morgan fingerprint density at radius 1 is 1.17 bits per heavy atom. The predicted octanol–water partition coefficient (Wildman–Crippen LogP) is 1.75. The molecule has 0 radical (unpaired) electrons. The Morgan fingerprint density at radius 3 is 2.62 bits per heavy atom. The summed E-state index contributed by atoms with van der Waals surface area (Å²) >= 11 is 0. The van der Waals surface area contributed by atoms with Gasteiger partial charge in [-0.3, -0.25) is 9.98 Å². The minimum Gasteiger partial charge on any atom is -0.492 e. The molecule has 0 spiro atoms. The van der Waals surface area contributed by atoms with Crippen LogP contribution in [0.15, 0.2) is 59.9 Å². The lowest BCUT2D eigenvalue weighted by Gasteiger charge is -2.13. The van der Waals surface area contributed by atoms with Gasteiger partial charge in [-0.1, -0.05) is 18.2 Å². The van der Waals surface area contributed by atoms with Crippen molar-refractivity contribution >= 4 is 5.96 Å². The summed E-state index contributed by atoms with van der Waals surface area (Å²) < 4.78 is 5.63. The minimum atomic E-state index is -0.649. The van der Waals surface area contributed by atoms with Gasteiger partial charge in [-0.2, -0.15) is 0 Å². The molecule has 1 heterocycles. The number of aliphatic imine (C=N–C) groups is 1. The minimum absolute atomic E-state index is 0.277. The second kappa shape index (κ2) is 10.2. The van der Waals surface area contributed by atoms with Gasteiger partial charge in [-0.05, 0) is 36.8 Å². The van der Waals surface area contributed by atoms with E-state index in [0.29, 0.717) is 19.1 Å². The Kier molecular flexibility index (Phi) is 7.56. The normalized spacial score (nSPS) is 12.5. The van der Waals surface area contributed by atoms with Crippen molar-refractivity contribution in [1.82, 2.24) is 15.6 Å². The molecule has 2 rings (SSSR count). The number of aromatic nitrogens is 1. The highest BCUT2D eigenvalue weighted by Gasteiger charge is 2.06. The molecule has 6 heteroatoms. The third kappa shape index (κ3) is 6.26. The monoisotopic (exact) mass is 328 g/mol. The molecule has 24 heavy (non-hydrogen) atoms. The van der Waals surface area contributed by atoms with Gasteiger partial charge in [0.25, 0.3) is 0 Å². The van der Waals surface area contributed by atoms with Gasteiger partial charge in [0.05, 0.1) is 19.2 Å². The molecule has 0 aliphatic carbocycles. The van der Waals surface area contributed by atoms with Crippen LogP contribution in [-0.2, 0) is 0 Å². The van der Waals surface area contributed by atoms with E-state index in [1.54, 1.807) is 24.5 Å². The van der Waals surface area contributed by atoms with Crippen molar-refractivity contribution < 1.29 is 9.84 Å². The zero-order valence-electron chi connectivity index (χ0n) is 13.9. The molecule has 0 fully saturated rings. The first-order chi connectivity index (χ1) is 11.8. The van der Waals surface area contributed by atoms with Crippen LogP contribution in [0.25, 0.3) is 0 Å². The molecule has 6 nitrogen and oxygen atoms in total. The fraction of sp³-hybridized carbons (Fsp3) is 0.333. The number of hydrogen-bond acceptors (Lipinski definition) is 4. The number of benzene rings is 1. The fourth-order valence-electron chi connectivity index (χ4n) is 2.07. The van der Waals surface area contributed by atoms with Crippen LogP contribution < -0.4 is 15.4 Å². The second-order valence-electron chi connectivity index (χ2n) is 5.10. The van der Waals surface area contributed by atoms with E-state index in [2.05, 4.69) is 20.6 Å². The predicted molar refractivity (Wildman–Crippen MR) is 95.1 cm³/mol. The molecule has 0 amide bonds. The smallest absolute Gasteiger partial charge is 0.191 e. The highest BCUT2D eigenvalue weighted by Crippen LogP contribution is 2.11. The number of nitrogens with zero attached hydrogens (tertiary/aromatic N) is 2. The lowest BCUT2D eigenvalue weighted by Crippen LogP contribution is -2.39. The lowest BCUT2D eigenvalue weighted by atomic mass is 10.1. The maximum absolute atomic E-state index is 10.1. The van der Waals surface area contributed by atoms with Gasteiger partial charge in [0.1, 0.15) is 12.4 Å². The number of guanidine groups is 1. The molecule has 2 aromatic rings. The number of aliphatic hydroxyl groups excluding tert-OH is 1. The number of hydrogen-bond donors (Lipinski definition) is 3. The van der Waals surface area contributed by atoms with Crippen molar-refractivity contribution in [2.75, 3.05) is 26.2 Å². The van der Waals surface area contributed by atoms with E-state index < -0.39 is 6.10 Å². The third-order valence-electron chi connectivity index (χ3n) is 3.26. The first kappa shape index (κ1) is 17.7. The highest BCUT2D eigenvalue weighted by molar-refractivity contribution is 5.79. The molecule has 0 saturated heterocycles. The summed E-state index contributed by atoms with van der Waals surface area (Å²) in [5.74, 6) is 1.50. The van der Waals surface area contributed by atoms with Crippen LogP contribution in [0.3, 0.4) is 0 Å². The molecule has 1 unspecified atom stereocenters. The Balaban J connectivity index is 1.78. The van der Waals surface area contributed by atoms with E-state index in [1.807, 2.05) is 37.3 Å². The number of pyridine rings is 1. The summed E-state index contributed by atoms with van der Waals surface area (Å²) in [6, 6.07) is 13.2. The average Bonchev–Trinajstić information content (AvgIpc) is 2.64. The van der Waals surface area contributed by atoms with Gasteiger partial charge >= 0.3 is 0 Å². The van der Waals surface area contributed by atoms with Crippen LogP contribution in [0.4, 0.5) is 0 Å². The van der Waals surface area contributed by atoms with Gasteiger partial charge in [-0.25, -0.2) is 0 Å². The van der Waals surface area contributed by atoms with Crippen LogP contribution in [0, 0.1) is 0 Å². The van der Waals surface area contributed by atoms with E-state index in [0.717, 1.165) is 17.9 Å². The summed E-state index contributed by atoms with van der Waals surface area (Å²) in [5, 5.41) is 16.5. The Bertz CT molecular complexity index is 605. The topological polar surface area (TPSA) is 78.8 Å². The van der Waals surface area contributed by atoms with Crippen molar-refractivity contribution in [3.8, 4) is 5.75 Å². The summed E-state index contributed by atoms with van der Waals surface area (Å²) in [6.07, 6.45) is 2.67. The second-order valence-corrected chi connectivity index (χ2v) is 5.10. The fourth-order valence-corrected chi connectivity index (χ4v) is 2.07.